The van der Waals surface area contributed by atoms with Gasteiger partial charge in [-0.05, 0) is 31.9 Å². The second-order valence-electron chi connectivity index (χ2n) is 3.72. The lowest BCUT2D eigenvalue weighted by atomic mass is 10.1. The topological polar surface area (TPSA) is 12.4 Å². The Morgan fingerprint density at radius 1 is 1.20 bits per heavy atom. The van der Waals surface area contributed by atoms with Crippen LogP contribution in [0.4, 0.5) is 13.2 Å². The van der Waals surface area contributed by atoms with Crippen LogP contribution in [0.5, 0.6) is 0 Å². The predicted molar refractivity (Wildman–Crippen MR) is 51.5 cm³/mol. The molecule has 0 N–H and O–H groups in total. The van der Waals surface area contributed by atoms with Gasteiger partial charge in [0.1, 0.15) is 0 Å². The van der Waals surface area contributed by atoms with Crippen molar-refractivity contribution in [3.8, 4) is 0 Å². The Balaban J connectivity index is 2.42. The van der Waals surface area contributed by atoms with E-state index in [4.69, 9.17) is 0 Å². The SMILES string of the molecule is C[C@H]1CCC(c2cc(F)c(F)c(F)c2)=N1. The van der Waals surface area contributed by atoms with Crippen LogP contribution >= 0.6 is 0 Å². The number of benzene rings is 1. The van der Waals surface area contributed by atoms with Crippen LogP contribution in [0.25, 0.3) is 0 Å². The van der Waals surface area contributed by atoms with Crippen LogP contribution in [-0.4, -0.2) is 11.8 Å². The second-order valence-corrected chi connectivity index (χ2v) is 3.72. The summed E-state index contributed by atoms with van der Waals surface area (Å²) in [7, 11) is 0. The van der Waals surface area contributed by atoms with E-state index in [2.05, 4.69) is 4.99 Å². The molecule has 1 aliphatic rings. The molecule has 15 heavy (non-hydrogen) atoms. The summed E-state index contributed by atoms with van der Waals surface area (Å²) in [6, 6.07) is 2.17. The summed E-state index contributed by atoms with van der Waals surface area (Å²) < 4.78 is 38.5. The number of halogens is 3. The molecular formula is C11H10F3N. The molecule has 0 saturated heterocycles. The Morgan fingerprint density at radius 3 is 2.27 bits per heavy atom. The zero-order chi connectivity index (χ0) is 11.0. The average Bonchev–Trinajstić information content (AvgIpc) is 2.60. The van der Waals surface area contributed by atoms with Crippen LogP contribution in [0.2, 0.25) is 0 Å². The Labute approximate surface area is 85.6 Å². The van der Waals surface area contributed by atoms with Gasteiger partial charge in [0.15, 0.2) is 17.5 Å². The number of nitrogens with zero attached hydrogens (tertiary/aromatic N) is 1. The first-order valence-corrected chi connectivity index (χ1v) is 4.79. The Bertz CT molecular complexity index is 403. The first kappa shape index (κ1) is 10.2. The molecule has 0 fully saturated rings. The minimum atomic E-state index is -1.43. The summed E-state index contributed by atoms with van der Waals surface area (Å²) in [5, 5.41) is 0. The third kappa shape index (κ3) is 1.89. The molecular weight excluding hydrogens is 203 g/mol. The van der Waals surface area contributed by atoms with Crippen molar-refractivity contribution in [1.82, 2.24) is 0 Å². The van der Waals surface area contributed by atoms with Crippen LogP contribution in [0.3, 0.4) is 0 Å². The molecule has 80 valence electrons. The lowest BCUT2D eigenvalue weighted by Gasteiger charge is -2.02. The molecule has 1 aromatic carbocycles. The summed E-state index contributed by atoms with van der Waals surface area (Å²) >= 11 is 0. The van der Waals surface area contributed by atoms with Gasteiger partial charge in [0, 0.05) is 17.3 Å². The minimum Gasteiger partial charge on any atom is -0.286 e. The summed E-state index contributed by atoms with van der Waals surface area (Å²) in [5.74, 6) is -3.75. The molecule has 1 aliphatic heterocycles. The molecule has 4 heteroatoms. The van der Waals surface area contributed by atoms with E-state index in [1.807, 2.05) is 6.92 Å². The number of hydrogen-bond donors (Lipinski definition) is 0. The third-order valence-electron chi connectivity index (χ3n) is 2.49. The van der Waals surface area contributed by atoms with E-state index in [0.717, 1.165) is 18.6 Å². The van der Waals surface area contributed by atoms with Crippen molar-refractivity contribution in [2.45, 2.75) is 25.8 Å². The molecule has 0 aliphatic carbocycles. The standard InChI is InChI=1S/C11H10F3N/c1-6-2-3-10(15-6)7-4-8(12)11(14)9(13)5-7/h4-6H,2-3H2,1H3/t6-/m0/s1. The molecule has 1 heterocycles. The van der Waals surface area contributed by atoms with Crippen LogP contribution < -0.4 is 0 Å². The highest BCUT2D eigenvalue weighted by Gasteiger charge is 2.18. The number of hydrogen-bond acceptors (Lipinski definition) is 1. The van der Waals surface area contributed by atoms with Gasteiger partial charge in [-0.2, -0.15) is 0 Å². The molecule has 1 nitrogen and oxygen atoms in total. The van der Waals surface area contributed by atoms with Gasteiger partial charge in [0.2, 0.25) is 0 Å². The van der Waals surface area contributed by atoms with Crippen LogP contribution in [0.15, 0.2) is 17.1 Å². The van der Waals surface area contributed by atoms with E-state index < -0.39 is 17.5 Å². The van der Waals surface area contributed by atoms with E-state index in [0.29, 0.717) is 17.7 Å². The van der Waals surface area contributed by atoms with Crippen molar-refractivity contribution >= 4 is 5.71 Å². The molecule has 0 amide bonds. The second kappa shape index (κ2) is 3.68. The fourth-order valence-corrected chi connectivity index (χ4v) is 1.68. The van der Waals surface area contributed by atoms with Crippen molar-refractivity contribution < 1.29 is 13.2 Å². The largest absolute Gasteiger partial charge is 0.286 e. The zero-order valence-corrected chi connectivity index (χ0v) is 8.23. The van der Waals surface area contributed by atoms with Crippen molar-refractivity contribution in [3.05, 3.63) is 35.1 Å². The van der Waals surface area contributed by atoms with Crippen molar-refractivity contribution in [3.63, 3.8) is 0 Å². The van der Waals surface area contributed by atoms with Gasteiger partial charge in [-0.15, -0.1) is 0 Å². The Morgan fingerprint density at radius 2 is 1.80 bits per heavy atom. The van der Waals surface area contributed by atoms with Gasteiger partial charge in [-0.25, -0.2) is 13.2 Å². The Hall–Kier alpha value is -1.32. The smallest absolute Gasteiger partial charge is 0.194 e. The van der Waals surface area contributed by atoms with Crippen molar-refractivity contribution in [2.75, 3.05) is 0 Å². The van der Waals surface area contributed by atoms with Gasteiger partial charge in [0.25, 0.3) is 0 Å². The lowest BCUT2D eigenvalue weighted by molar-refractivity contribution is 0.447. The average molecular weight is 213 g/mol. The highest BCUT2D eigenvalue weighted by Crippen LogP contribution is 2.21. The molecule has 0 radical (unpaired) electrons. The lowest BCUT2D eigenvalue weighted by Crippen LogP contribution is -2.01. The summed E-state index contributed by atoms with van der Waals surface area (Å²) in [5.41, 5.74) is 0.996. The fourth-order valence-electron chi connectivity index (χ4n) is 1.68. The molecule has 0 saturated carbocycles. The maximum Gasteiger partial charge on any atom is 0.194 e. The van der Waals surface area contributed by atoms with Gasteiger partial charge >= 0.3 is 0 Å². The minimum absolute atomic E-state index is 0.177. The highest BCUT2D eigenvalue weighted by molar-refractivity contribution is 6.01. The van der Waals surface area contributed by atoms with Gasteiger partial charge in [0.05, 0.1) is 0 Å². The molecule has 0 bridgehead atoms. The van der Waals surface area contributed by atoms with E-state index in [-0.39, 0.29) is 6.04 Å². The van der Waals surface area contributed by atoms with E-state index in [1.54, 1.807) is 0 Å². The summed E-state index contributed by atoms with van der Waals surface area (Å²) in [4.78, 5) is 4.23. The molecule has 0 unspecified atom stereocenters. The molecule has 1 aromatic rings. The van der Waals surface area contributed by atoms with Crippen LogP contribution in [0, 0.1) is 17.5 Å². The summed E-state index contributed by atoms with van der Waals surface area (Å²) in [6.45, 7) is 1.93. The normalized spacial score (nSPS) is 20.5. The van der Waals surface area contributed by atoms with Crippen LogP contribution in [-0.2, 0) is 0 Å². The third-order valence-corrected chi connectivity index (χ3v) is 2.49. The first-order chi connectivity index (χ1) is 7.08. The van der Waals surface area contributed by atoms with Gasteiger partial charge in [-0.1, -0.05) is 0 Å². The van der Waals surface area contributed by atoms with E-state index in [1.165, 1.54) is 0 Å². The van der Waals surface area contributed by atoms with Gasteiger partial charge in [-0.3, -0.25) is 4.99 Å². The monoisotopic (exact) mass is 213 g/mol. The maximum atomic E-state index is 12.9. The predicted octanol–water partition coefficient (Wildman–Crippen LogP) is 3.08. The summed E-state index contributed by atoms with van der Waals surface area (Å²) in [6.07, 6.45) is 1.56. The quantitative estimate of drug-likeness (QED) is 0.636. The highest BCUT2D eigenvalue weighted by atomic mass is 19.2. The first-order valence-electron chi connectivity index (χ1n) is 4.79. The van der Waals surface area contributed by atoms with Crippen molar-refractivity contribution in [2.24, 2.45) is 4.99 Å². The Kier molecular flexibility index (Phi) is 2.50. The molecule has 2 rings (SSSR count). The van der Waals surface area contributed by atoms with Crippen molar-refractivity contribution in [1.29, 1.82) is 0 Å². The number of rotatable bonds is 1. The molecule has 0 spiro atoms. The van der Waals surface area contributed by atoms with Gasteiger partial charge < -0.3 is 0 Å². The maximum absolute atomic E-state index is 12.9. The zero-order valence-electron chi connectivity index (χ0n) is 8.23. The van der Waals surface area contributed by atoms with Crippen LogP contribution in [0.1, 0.15) is 25.3 Å². The molecule has 1 atom stereocenters. The molecule has 0 aromatic heterocycles. The fraction of sp³-hybridized carbons (Fsp3) is 0.364. The van der Waals surface area contributed by atoms with E-state index >= 15 is 0 Å². The van der Waals surface area contributed by atoms with E-state index in [9.17, 15) is 13.2 Å². The number of aliphatic imine (C=N–C) groups is 1.